The number of ether oxygens (including phenoxy) is 1. The van der Waals surface area contributed by atoms with Gasteiger partial charge in [0.25, 0.3) is 0 Å². The first-order valence-electron chi connectivity index (χ1n) is 4.96. The largest absolute Gasteiger partial charge is 0.496 e. The Kier molecular flexibility index (Phi) is 5.92. The van der Waals surface area contributed by atoms with Gasteiger partial charge in [0.1, 0.15) is 5.75 Å². The first kappa shape index (κ1) is 17.0. The molecule has 104 valence electrons. The van der Waals surface area contributed by atoms with Gasteiger partial charge in [0.05, 0.1) is 24.8 Å². The molecule has 0 aromatic heterocycles. The smallest absolute Gasteiger partial charge is 0.416 e. The molecule has 0 unspecified atom stereocenters. The van der Waals surface area contributed by atoms with E-state index >= 15 is 0 Å². The van der Waals surface area contributed by atoms with Gasteiger partial charge in [-0.25, -0.2) is 0 Å². The number of rotatable bonds is 3. The topological polar surface area (TPSA) is 55.5 Å². The standard InChI is InChI=1S/C11H14F3NO2.ClH/c1-6(16)10(15)8-4-3-7(11(12,13)14)5-9(8)17-2;/h3-6,10,16H,15H2,1-2H3;1H/t6-,10-;/m0./s1. The maximum atomic E-state index is 12.5. The van der Waals surface area contributed by atoms with E-state index in [1.807, 2.05) is 0 Å². The molecule has 0 spiro atoms. The van der Waals surface area contributed by atoms with E-state index in [0.29, 0.717) is 5.56 Å². The molecular formula is C11H15ClF3NO2. The molecule has 0 saturated carbocycles. The van der Waals surface area contributed by atoms with E-state index in [1.54, 1.807) is 0 Å². The Morgan fingerprint density at radius 1 is 1.33 bits per heavy atom. The average molecular weight is 286 g/mol. The number of halogens is 4. The van der Waals surface area contributed by atoms with Gasteiger partial charge in [-0.05, 0) is 19.1 Å². The highest BCUT2D eigenvalue weighted by molar-refractivity contribution is 5.85. The van der Waals surface area contributed by atoms with Crippen LogP contribution < -0.4 is 10.5 Å². The lowest BCUT2D eigenvalue weighted by Gasteiger charge is -2.19. The minimum absolute atomic E-state index is 0. The van der Waals surface area contributed by atoms with Crippen LogP contribution in [0.1, 0.15) is 24.1 Å². The van der Waals surface area contributed by atoms with Gasteiger partial charge < -0.3 is 15.6 Å². The number of alkyl halides is 3. The summed E-state index contributed by atoms with van der Waals surface area (Å²) in [5.74, 6) is 0.0215. The Balaban J connectivity index is 0.00000289. The third-order valence-corrected chi connectivity index (χ3v) is 2.44. The van der Waals surface area contributed by atoms with Crippen LogP contribution in [0.4, 0.5) is 13.2 Å². The lowest BCUT2D eigenvalue weighted by molar-refractivity contribution is -0.137. The van der Waals surface area contributed by atoms with Crippen LogP contribution in [0.2, 0.25) is 0 Å². The predicted molar refractivity (Wildman–Crippen MR) is 63.9 cm³/mol. The molecule has 0 saturated heterocycles. The summed E-state index contributed by atoms with van der Waals surface area (Å²) >= 11 is 0. The second-order valence-corrected chi connectivity index (χ2v) is 3.72. The van der Waals surface area contributed by atoms with Crippen molar-refractivity contribution in [1.29, 1.82) is 0 Å². The molecule has 1 aromatic rings. The number of methoxy groups -OCH3 is 1. The zero-order valence-electron chi connectivity index (χ0n) is 9.86. The highest BCUT2D eigenvalue weighted by atomic mass is 35.5. The first-order valence-corrected chi connectivity index (χ1v) is 4.96. The van der Waals surface area contributed by atoms with Crippen LogP contribution in [0.3, 0.4) is 0 Å². The summed E-state index contributed by atoms with van der Waals surface area (Å²) in [5.41, 5.74) is 5.20. The molecule has 0 fully saturated rings. The van der Waals surface area contributed by atoms with E-state index in [-0.39, 0.29) is 18.2 Å². The van der Waals surface area contributed by atoms with E-state index in [1.165, 1.54) is 20.1 Å². The molecule has 0 aliphatic carbocycles. The minimum atomic E-state index is -4.43. The molecule has 18 heavy (non-hydrogen) atoms. The van der Waals surface area contributed by atoms with Crippen molar-refractivity contribution in [1.82, 2.24) is 0 Å². The summed E-state index contributed by atoms with van der Waals surface area (Å²) in [7, 11) is 1.26. The van der Waals surface area contributed by atoms with E-state index < -0.39 is 23.9 Å². The molecule has 0 amide bonds. The number of aliphatic hydroxyl groups excluding tert-OH is 1. The van der Waals surface area contributed by atoms with Crippen LogP contribution in [0.25, 0.3) is 0 Å². The van der Waals surface area contributed by atoms with Crippen LogP contribution in [-0.2, 0) is 6.18 Å². The van der Waals surface area contributed by atoms with Gasteiger partial charge in [0.15, 0.2) is 0 Å². The van der Waals surface area contributed by atoms with Crippen LogP contribution in [-0.4, -0.2) is 18.3 Å². The van der Waals surface area contributed by atoms with E-state index in [4.69, 9.17) is 10.5 Å². The van der Waals surface area contributed by atoms with Crippen LogP contribution in [0.15, 0.2) is 18.2 Å². The summed E-state index contributed by atoms with van der Waals surface area (Å²) in [6.07, 6.45) is -5.30. The highest BCUT2D eigenvalue weighted by Gasteiger charge is 2.32. The number of nitrogens with two attached hydrogens (primary N) is 1. The zero-order valence-corrected chi connectivity index (χ0v) is 10.7. The van der Waals surface area contributed by atoms with Crippen molar-refractivity contribution >= 4 is 12.4 Å². The summed E-state index contributed by atoms with van der Waals surface area (Å²) in [6.45, 7) is 1.46. The summed E-state index contributed by atoms with van der Waals surface area (Å²) in [6, 6.07) is 2.23. The first-order chi connectivity index (χ1) is 7.77. The van der Waals surface area contributed by atoms with Gasteiger partial charge in [-0.15, -0.1) is 12.4 Å². The fourth-order valence-electron chi connectivity index (χ4n) is 1.42. The average Bonchev–Trinajstić information content (AvgIpc) is 2.25. The molecule has 0 aliphatic heterocycles. The molecule has 0 bridgehead atoms. The van der Waals surface area contributed by atoms with Gasteiger partial charge >= 0.3 is 6.18 Å². The highest BCUT2D eigenvalue weighted by Crippen LogP contribution is 2.35. The van der Waals surface area contributed by atoms with Crippen LogP contribution in [0.5, 0.6) is 5.75 Å². The van der Waals surface area contributed by atoms with Gasteiger partial charge in [-0.3, -0.25) is 0 Å². The summed E-state index contributed by atoms with van der Waals surface area (Å²) in [5, 5.41) is 9.32. The Bertz CT molecular complexity index is 396. The molecule has 3 N–H and O–H groups in total. The third-order valence-electron chi connectivity index (χ3n) is 2.44. The van der Waals surface area contributed by atoms with Crippen LogP contribution in [0, 0.1) is 0 Å². The maximum absolute atomic E-state index is 12.5. The molecule has 0 aliphatic rings. The van der Waals surface area contributed by atoms with Crippen molar-refractivity contribution in [2.75, 3.05) is 7.11 Å². The molecule has 7 heteroatoms. The predicted octanol–water partition coefficient (Wildman–Crippen LogP) is 2.52. The number of aliphatic hydroxyl groups is 1. The third kappa shape index (κ3) is 3.76. The van der Waals surface area contributed by atoms with Crippen LogP contribution >= 0.6 is 12.4 Å². The lowest BCUT2D eigenvalue weighted by Crippen LogP contribution is -2.24. The van der Waals surface area contributed by atoms with Crippen molar-refractivity contribution < 1.29 is 23.0 Å². The van der Waals surface area contributed by atoms with Crippen molar-refractivity contribution in [3.8, 4) is 5.75 Å². The van der Waals surface area contributed by atoms with Gasteiger partial charge in [0.2, 0.25) is 0 Å². The fourth-order valence-corrected chi connectivity index (χ4v) is 1.42. The van der Waals surface area contributed by atoms with Crippen molar-refractivity contribution in [2.45, 2.75) is 25.2 Å². The minimum Gasteiger partial charge on any atom is -0.496 e. The molecule has 0 radical (unpaired) electrons. The number of hydrogen-bond acceptors (Lipinski definition) is 3. The lowest BCUT2D eigenvalue weighted by atomic mass is 10.0. The van der Waals surface area contributed by atoms with E-state index in [2.05, 4.69) is 0 Å². The number of hydrogen-bond donors (Lipinski definition) is 2. The summed E-state index contributed by atoms with van der Waals surface area (Å²) < 4.78 is 42.2. The Labute approximate surface area is 109 Å². The normalized spacial score (nSPS) is 14.6. The second kappa shape index (κ2) is 6.26. The van der Waals surface area contributed by atoms with E-state index in [9.17, 15) is 18.3 Å². The van der Waals surface area contributed by atoms with Crippen molar-refractivity contribution in [2.24, 2.45) is 5.73 Å². The Morgan fingerprint density at radius 3 is 2.28 bits per heavy atom. The Morgan fingerprint density at radius 2 is 1.89 bits per heavy atom. The quantitative estimate of drug-likeness (QED) is 0.897. The van der Waals surface area contributed by atoms with Crippen molar-refractivity contribution in [3.63, 3.8) is 0 Å². The van der Waals surface area contributed by atoms with Crippen molar-refractivity contribution in [3.05, 3.63) is 29.3 Å². The SMILES string of the molecule is COc1cc(C(F)(F)F)ccc1[C@@H](N)[C@H](C)O.Cl. The second-order valence-electron chi connectivity index (χ2n) is 3.72. The fraction of sp³-hybridized carbons (Fsp3) is 0.455. The Hall–Kier alpha value is -0.980. The van der Waals surface area contributed by atoms with Gasteiger partial charge in [0, 0.05) is 5.56 Å². The monoisotopic (exact) mass is 285 g/mol. The molecule has 1 aromatic carbocycles. The molecule has 0 heterocycles. The molecule has 2 atom stereocenters. The van der Waals surface area contributed by atoms with Gasteiger partial charge in [-0.1, -0.05) is 6.07 Å². The zero-order chi connectivity index (χ0) is 13.2. The molecular weight excluding hydrogens is 271 g/mol. The van der Waals surface area contributed by atoms with Gasteiger partial charge in [-0.2, -0.15) is 13.2 Å². The van der Waals surface area contributed by atoms with E-state index in [0.717, 1.165) is 12.1 Å². The maximum Gasteiger partial charge on any atom is 0.416 e. The molecule has 3 nitrogen and oxygen atoms in total. The molecule has 1 rings (SSSR count). The summed E-state index contributed by atoms with van der Waals surface area (Å²) in [4.78, 5) is 0. The number of benzene rings is 1.